The first-order valence-electron chi connectivity index (χ1n) is 6.58. The Morgan fingerprint density at radius 3 is 2.80 bits per heavy atom. The van der Waals surface area contributed by atoms with Crippen LogP contribution in [0, 0.1) is 0 Å². The van der Waals surface area contributed by atoms with Gasteiger partial charge in [0.05, 0.1) is 0 Å². The Labute approximate surface area is 143 Å². The average molecular weight is 412 g/mol. The van der Waals surface area contributed by atoms with Crippen molar-refractivity contribution in [2.75, 3.05) is 39.5 Å². The third-order valence-corrected chi connectivity index (χ3v) is 4.20. The van der Waals surface area contributed by atoms with Crippen molar-refractivity contribution < 1.29 is 4.79 Å². The van der Waals surface area contributed by atoms with Crippen molar-refractivity contribution in [1.29, 1.82) is 0 Å². The van der Waals surface area contributed by atoms with Gasteiger partial charge in [-0.25, -0.2) is 4.99 Å². The molecule has 20 heavy (non-hydrogen) atoms. The van der Waals surface area contributed by atoms with Crippen LogP contribution in [-0.4, -0.2) is 61.5 Å². The van der Waals surface area contributed by atoms with Gasteiger partial charge in [0.15, 0.2) is 5.96 Å². The van der Waals surface area contributed by atoms with Gasteiger partial charge in [-0.05, 0) is 18.6 Å². The zero-order valence-corrected chi connectivity index (χ0v) is 15.4. The van der Waals surface area contributed by atoms with E-state index in [1.165, 1.54) is 18.6 Å². The van der Waals surface area contributed by atoms with Crippen LogP contribution in [0.15, 0.2) is 17.6 Å². The first-order valence-corrected chi connectivity index (χ1v) is 7.63. The molecule has 0 aromatic heterocycles. The SMILES string of the molecule is C=CCNC(=NCC(=O)N(C)C)NCC1CCCS1.I. The quantitative estimate of drug-likeness (QED) is 0.299. The van der Waals surface area contributed by atoms with Gasteiger partial charge in [0, 0.05) is 32.4 Å². The van der Waals surface area contributed by atoms with Gasteiger partial charge in [-0.2, -0.15) is 11.8 Å². The largest absolute Gasteiger partial charge is 0.355 e. The molecular weight excluding hydrogens is 387 g/mol. The zero-order valence-electron chi connectivity index (χ0n) is 12.2. The maximum absolute atomic E-state index is 11.5. The summed E-state index contributed by atoms with van der Waals surface area (Å²) in [6, 6.07) is 0. The number of carbonyl (C=O) groups is 1. The van der Waals surface area contributed by atoms with Gasteiger partial charge in [0.1, 0.15) is 6.54 Å². The standard InChI is InChI=1S/C13H24N4OS.HI/c1-4-7-14-13(16-10-12(18)17(2)3)15-9-11-6-5-8-19-11;/h4,11H,1,5-10H2,2-3H3,(H2,14,15,16);1H. The summed E-state index contributed by atoms with van der Waals surface area (Å²) >= 11 is 2.00. The fourth-order valence-electron chi connectivity index (χ4n) is 1.65. The fraction of sp³-hybridized carbons (Fsp3) is 0.692. The van der Waals surface area contributed by atoms with Crippen molar-refractivity contribution >= 4 is 47.6 Å². The predicted octanol–water partition coefficient (Wildman–Crippen LogP) is 1.31. The Kier molecular flexibility index (Phi) is 11.0. The van der Waals surface area contributed by atoms with Crippen LogP contribution in [0.4, 0.5) is 0 Å². The molecule has 116 valence electrons. The molecule has 1 aliphatic heterocycles. The molecule has 0 aliphatic carbocycles. The van der Waals surface area contributed by atoms with Gasteiger partial charge >= 0.3 is 0 Å². The van der Waals surface area contributed by atoms with E-state index in [1.807, 2.05) is 11.8 Å². The molecule has 0 aromatic rings. The van der Waals surface area contributed by atoms with Crippen molar-refractivity contribution in [1.82, 2.24) is 15.5 Å². The lowest BCUT2D eigenvalue weighted by Gasteiger charge is -2.15. The molecule has 1 heterocycles. The number of hydrogen-bond donors (Lipinski definition) is 2. The van der Waals surface area contributed by atoms with E-state index < -0.39 is 0 Å². The second kappa shape index (κ2) is 11.2. The van der Waals surface area contributed by atoms with Crippen molar-refractivity contribution in [3.05, 3.63) is 12.7 Å². The number of halogens is 1. The van der Waals surface area contributed by atoms with Crippen molar-refractivity contribution in [2.24, 2.45) is 4.99 Å². The highest BCUT2D eigenvalue weighted by atomic mass is 127. The normalized spacial score (nSPS) is 18.1. The second-order valence-electron chi connectivity index (χ2n) is 4.64. The lowest BCUT2D eigenvalue weighted by atomic mass is 10.2. The van der Waals surface area contributed by atoms with E-state index in [4.69, 9.17) is 0 Å². The molecule has 1 fully saturated rings. The monoisotopic (exact) mass is 412 g/mol. The smallest absolute Gasteiger partial charge is 0.243 e. The number of guanidine groups is 1. The topological polar surface area (TPSA) is 56.7 Å². The van der Waals surface area contributed by atoms with E-state index in [-0.39, 0.29) is 36.4 Å². The van der Waals surface area contributed by atoms with Crippen LogP contribution in [0.3, 0.4) is 0 Å². The molecular formula is C13H25IN4OS. The summed E-state index contributed by atoms with van der Waals surface area (Å²) < 4.78 is 0. The van der Waals surface area contributed by atoms with Crippen LogP contribution in [0.1, 0.15) is 12.8 Å². The van der Waals surface area contributed by atoms with E-state index >= 15 is 0 Å². The summed E-state index contributed by atoms with van der Waals surface area (Å²) in [4.78, 5) is 17.4. The molecule has 0 aromatic carbocycles. The summed E-state index contributed by atoms with van der Waals surface area (Å²) in [5, 5.41) is 7.07. The number of likely N-dealkylation sites (N-methyl/N-ethyl adjacent to an activating group) is 1. The Balaban J connectivity index is 0.00000361. The number of thioether (sulfide) groups is 1. The highest BCUT2D eigenvalue weighted by Crippen LogP contribution is 2.25. The molecule has 0 radical (unpaired) electrons. The molecule has 7 heteroatoms. The molecule has 1 saturated heterocycles. The summed E-state index contributed by atoms with van der Waals surface area (Å²) in [5.41, 5.74) is 0. The number of aliphatic imine (C=N–C) groups is 1. The highest BCUT2D eigenvalue weighted by molar-refractivity contribution is 14.0. The van der Waals surface area contributed by atoms with Gasteiger partial charge in [0.25, 0.3) is 0 Å². The minimum Gasteiger partial charge on any atom is -0.355 e. The Morgan fingerprint density at radius 2 is 2.25 bits per heavy atom. The first kappa shape index (κ1) is 19.6. The molecule has 1 amide bonds. The van der Waals surface area contributed by atoms with E-state index in [0.717, 1.165) is 6.54 Å². The van der Waals surface area contributed by atoms with E-state index in [1.54, 1.807) is 25.1 Å². The summed E-state index contributed by atoms with van der Waals surface area (Å²) in [7, 11) is 3.47. The van der Waals surface area contributed by atoms with Crippen LogP contribution in [0.2, 0.25) is 0 Å². The van der Waals surface area contributed by atoms with Crippen molar-refractivity contribution in [2.45, 2.75) is 18.1 Å². The lowest BCUT2D eigenvalue weighted by molar-refractivity contribution is -0.127. The van der Waals surface area contributed by atoms with Gasteiger partial charge in [-0.1, -0.05) is 6.08 Å². The molecule has 5 nitrogen and oxygen atoms in total. The van der Waals surface area contributed by atoms with Crippen LogP contribution < -0.4 is 10.6 Å². The van der Waals surface area contributed by atoms with E-state index in [9.17, 15) is 4.79 Å². The minimum absolute atomic E-state index is 0. The lowest BCUT2D eigenvalue weighted by Crippen LogP contribution is -2.41. The predicted molar refractivity (Wildman–Crippen MR) is 98.1 cm³/mol. The maximum Gasteiger partial charge on any atom is 0.243 e. The molecule has 0 bridgehead atoms. The fourth-order valence-corrected chi connectivity index (χ4v) is 2.85. The maximum atomic E-state index is 11.5. The Morgan fingerprint density at radius 1 is 1.50 bits per heavy atom. The molecule has 0 saturated carbocycles. The summed E-state index contributed by atoms with van der Waals surface area (Å²) in [6.07, 6.45) is 4.32. The van der Waals surface area contributed by atoms with Gasteiger partial charge < -0.3 is 15.5 Å². The van der Waals surface area contributed by atoms with Gasteiger partial charge in [-0.3, -0.25) is 4.79 Å². The second-order valence-corrected chi connectivity index (χ2v) is 6.05. The van der Waals surface area contributed by atoms with Crippen LogP contribution >= 0.6 is 35.7 Å². The Bertz CT molecular complexity index is 330. The molecule has 1 atom stereocenters. The van der Waals surface area contributed by atoms with E-state index in [0.29, 0.717) is 17.8 Å². The van der Waals surface area contributed by atoms with Gasteiger partial charge in [-0.15, -0.1) is 30.6 Å². The number of amides is 1. The first-order chi connectivity index (χ1) is 9.13. The molecule has 1 aliphatic rings. The molecule has 0 spiro atoms. The van der Waals surface area contributed by atoms with Crippen LogP contribution in [-0.2, 0) is 4.79 Å². The Hall–Kier alpha value is -0.440. The number of carbonyl (C=O) groups excluding carboxylic acids is 1. The number of hydrogen-bond acceptors (Lipinski definition) is 3. The van der Waals surface area contributed by atoms with Crippen molar-refractivity contribution in [3.8, 4) is 0 Å². The van der Waals surface area contributed by atoms with Crippen molar-refractivity contribution in [3.63, 3.8) is 0 Å². The molecule has 2 N–H and O–H groups in total. The molecule has 1 rings (SSSR count). The highest BCUT2D eigenvalue weighted by Gasteiger charge is 2.15. The minimum atomic E-state index is -0.00468. The third-order valence-electron chi connectivity index (χ3n) is 2.81. The van der Waals surface area contributed by atoms with Gasteiger partial charge in [0.2, 0.25) is 5.91 Å². The number of rotatable bonds is 6. The third kappa shape index (κ3) is 7.98. The van der Waals surface area contributed by atoms with E-state index in [2.05, 4.69) is 22.2 Å². The summed E-state index contributed by atoms with van der Waals surface area (Å²) in [5.74, 6) is 1.93. The zero-order chi connectivity index (χ0) is 14.1. The molecule has 1 unspecified atom stereocenters. The average Bonchev–Trinajstić information content (AvgIpc) is 2.90. The van der Waals surface area contributed by atoms with Crippen LogP contribution in [0.5, 0.6) is 0 Å². The number of nitrogens with zero attached hydrogens (tertiary/aromatic N) is 2. The summed E-state index contributed by atoms with van der Waals surface area (Å²) in [6.45, 7) is 5.36. The number of nitrogens with one attached hydrogen (secondary N) is 2. The van der Waals surface area contributed by atoms with Crippen LogP contribution in [0.25, 0.3) is 0 Å².